The smallest absolute Gasteiger partial charge is 0.270 e. The van der Waals surface area contributed by atoms with Crippen molar-refractivity contribution >= 4 is 23.2 Å². The number of amides is 2. The number of pyridine rings is 1. The van der Waals surface area contributed by atoms with Crippen LogP contribution >= 0.6 is 0 Å². The number of nitrogens with one attached hydrogen (secondary N) is 5. The molecule has 6 rings (SSSR count). The van der Waals surface area contributed by atoms with Crippen molar-refractivity contribution in [1.82, 2.24) is 21.2 Å². The first kappa shape index (κ1) is 25.8. The lowest BCUT2D eigenvalue weighted by molar-refractivity contribution is -0.118. The molecule has 2 saturated carbocycles. The lowest BCUT2D eigenvalue weighted by Gasteiger charge is -2.34. The molecule has 208 valence electrons. The summed E-state index contributed by atoms with van der Waals surface area (Å²) < 4.78 is 35.7. The van der Waals surface area contributed by atoms with E-state index in [1.165, 1.54) is 13.2 Å². The van der Waals surface area contributed by atoms with Crippen molar-refractivity contribution in [2.24, 2.45) is 17.8 Å². The van der Waals surface area contributed by atoms with Crippen LogP contribution in [0.2, 0.25) is 0 Å². The lowest BCUT2D eigenvalue weighted by Crippen LogP contribution is -2.39. The number of fused-ring (bicyclic) bond motifs is 3. The molecule has 0 bridgehead atoms. The predicted molar refractivity (Wildman–Crippen MR) is 139 cm³/mol. The predicted octanol–water partition coefficient (Wildman–Crippen LogP) is 2.63. The quantitative estimate of drug-likeness (QED) is 0.345. The van der Waals surface area contributed by atoms with Gasteiger partial charge in [0.2, 0.25) is 11.8 Å². The first-order valence-corrected chi connectivity index (χ1v) is 13.2. The van der Waals surface area contributed by atoms with Crippen molar-refractivity contribution in [3.8, 4) is 11.6 Å². The van der Waals surface area contributed by atoms with E-state index >= 15 is 0 Å². The molecule has 2 amide bonds. The second-order valence-corrected chi connectivity index (χ2v) is 10.8. The van der Waals surface area contributed by atoms with Crippen molar-refractivity contribution in [3.63, 3.8) is 0 Å². The van der Waals surface area contributed by atoms with Gasteiger partial charge in [-0.15, -0.1) is 0 Å². The molecular formula is C27H32F2N6O4. The van der Waals surface area contributed by atoms with Gasteiger partial charge in [-0.1, -0.05) is 0 Å². The van der Waals surface area contributed by atoms with E-state index in [4.69, 9.17) is 9.47 Å². The minimum atomic E-state index is -2.64. The standard InChI is InChI=1S/C27H32F2N6O4/c1-38-14-4-6-18-16(10-14)27(26(37)33-18)11-17(27)13-3-5-15-21(9-13)34-35-23(15)31-20-8-7-19(32-25(20)39-2)24(36)30-12-22(28)29/h4,6-8,10,13,15,17,21-23,31,34-35H,3,5,9,11-12H2,1-2H3,(H,30,36)(H,33,37)/t13?,15?,17-,21?,23?,27-/m0/s1. The van der Waals surface area contributed by atoms with E-state index in [0.717, 1.165) is 42.7 Å². The van der Waals surface area contributed by atoms with Crippen LogP contribution in [0.25, 0.3) is 0 Å². The van der Waals surface area contributed by atoms with E-state index in [-0.39, 0.29) is 29.7 Å². The summed E-state index contributed by atoms with van der Waals surface area (Å²) >= 11 is 0. The highest BCUT2D eigenvalue weighted by Crippen LogP contribution is 2.65. The van der Waals surface area contributed by atoms with Crippen LogP contribution in [0.5, 0.6) is 11.6 Å². The van der Waals surface area contributed by atoms with Gasteiger partial charge in [0, 0.05) is 17.6 Å². The summed E-state index contributed by atoms with van der Waals surface area (Å²) in [7, 11) is 3.09. The molecule has 12 heteroatoms. The Balaban J connectivity index is 1.10. The molecule has 2 aliphatic carbocycles. The Morgan fingerprint density at radius 2 is 2.03 bits per heavy atom. The molecule has 1 saturated heterocycles. The van der Waals surface area contributed by atoms with Gasteiger partial charge in [-0.05, 0) is 73.4 Å². The van der Waals surface area contributed by atoms with E-state index in [1.807, 2.05) is 18.2 Å². The Kier molecular flexibility index (Phi) is 6.54. The maximum absolute atomic E-state index is 13.1. The van der Waals surface area contributed by atoms with E-state index in [9.17, 15) is 18.4 Å². The first-order chi connectivity index (χ1) is 18.8. The average molecular weight is 543 g/mol. The number of anilines is 2. The van der Waals surface area contributed by atoms with E-state index in [0.29, 0.717) is 23.4 Å². The fourth-order valence-electron chi connectivity index (χ4n) is 6.78. The van der Waals surface area contributed by atoms with Crippen molar-refractivity contribution in [2.75, 3.05) is 31.4 Å². The van der Waals surface area contributed by atoms with Gasteiger partial charge in [0.1, 0.15) is 11.4 Å². The van der Waals surface area contributed by atoms with E-state index in [1.54, 1.807) is 13.2 Å². The van der Waals surface area contributed by atoms with Gasteiger partial charge in [0.25, 0.3) is 12.3 Å². The summed E-state index contributed by atoms with van der Waals surface area (Å²) in [5, 5.41) is 8.65. The number of hydrazine groups is 1. The highest BCUT2D eigenvalue weighted by atomic mass is 19.3. The molecule has 2 aliphatic heterocycles. The number of alkyl halides is 2. The van der Waals surface area contributed by atoms with Crippen molar-refractivity contribution in [2.45, 2.75) is 49.7 Å². The summed E-state index contributed by atoms with van der Waals surface area (Å²) in [6, 6.07) is 9.19. The maximum Gasteiger partial charge on any atom is 0.270 e. The van der Waals surface area contributed by atoms with Crippen LogP contribution < -0.4 is 36.3 Å². The van der Waals surface area contributed by atoms with Gasteiger partial charge in [0.15, 0.2) is 0 Å². The van der Waals surface area contributed by atoms with Crippen LogP contribution in [0.1, 0.15) is 41.7 Å². The molecule has 39 heavy (non-hydrogen) atoms. The number of nitrogens with zero attached hydrogens (tertiary/aromatic N) is 1. The zero-order valence-electron chi connectivity index (χ0n) is 21.7. The summed E-state index contributed by atoms with van der Waals surface area (Å²) in [6.07, 6.45) is 1.05. The molecule has 4 unspecified atom stereocenters. The van der Waals surface area contributed by atoms with Gasteiger partial charge in [-0.25, -0.2) is 19.2 Å². The minimum absolute atomic E-state index is 0.00227. The van der Waals surface area contributed by atoms with Crippen molar-refractivity contribution in [1.29, 1.82) is 0 Å². The Morgan fingerprint density at radius 3 is 2.79 bits per heavy atom. The number of rotatable bonds is 8. The van der Waals surface area contributed by atoms with Crippen LogP contribution in [-0.4, -0.2) is 56.2 Å². The number of hydrogen-bond acceptors (Lipinski definition) is 8. The number of carbonyl (C=O) groups excluding carboxylic acids is 2. The lowest BCUT2D eigenvalue weighted by atomic mass is 9.74. The van der Waals surface area contributed by atoms with Gasteiger partial charge < -0.3 is 25.4 Å². The second-order valence-electron chi connectivity index (χ2n) is 10.8. The van der Waals surface area contributed by atoms with Crippen LogP contribution in [-0.2, 0) is 10.2 Å². The summed E-state index contributed by atoms with van der Waals surface area (Å²) in [5.74, 6) is 1.40. The van der Waals surface area contributed by atoms with Gasteiger partial charge in [-0.2, -0.15) is 0 Å². The average Bonchev–Trinajstić information content (AvgIpc) is 3.49. The molecule has 10 nitrogen and oxygen atoms in total. The molecule has 1 aromatic heterocycles. The largest absolute Gasteiger partial charge is 0.497 e. The summed E-state index contributed by atoms with van der Waals surface area (Å²) in [4.78, 5) is 29.4. The van der Waals surface area contributed by atoms with Crippen LogP contribution in [0.15, 0.2) is 30.3 Å². The Labute approximate surface area is 224 Å². The summed E-state index contributed by atoms with van der Waals surface area (Å²) in [5.41, 5.74) is 8.88. The third-order valence-electron chi connectivity index (χ3n) is 8.76. The fraction of sp³-hybridized carbons (Fsp3) is 0.519. The minimum Gasteiger partial charge on any atom is -0.497 e. The zero-order valence-corrected chi connectivity index (χ0v) is 21.7. The zero-order chi connectivity index (χ0) is 27.3. The van der Waals surface area contributed by atoms with Gasteiger partial charge in [0.05, 0.1) is 38.0 Å². The number of benzene rings is 1. The highest BCUT2D eigenvalue weighted by molar-refractivity contribution is 6.09. The van der Waals surface area contributed by atoms with Crippen molar-refractivity contribution in [3.05, 3.63) is 41.6 Å². The number of ether oxygens (including phenoxy) is 2. The molecule has 3 heterocycles. The van der Waals surface area contributed by atoms with Crippen molar-refractivity contribution < 1.29 is 27.8 Å². The molecule has 3 fully saturated rings. The molecule has 4 aliphatic rings. The Hall–Kier alpha value is -3.51. The van der Waals surface area contributed by atoms with Crippen LogP contribution in [0, 0.1) is 17.8 Å². The SMILES string of the molecule is COc1ccc2c(c1)[C@]1(C[C@H]1C1CCC3C(C1)NNC3Nc1ccc(C(=O)NCC(F)F)nc1OC)C(=O)N2. The monoisotopic (exact) mass is 542 g/mol. The Bertz CT molecular complexity index is 1290. The first-order valence-electron chi connectivity index (χ1n) is 13.2. The number of carbonyl (C=O) groups is 2. The topological polar surface area (TPSA) is 126 Å². The number of aromatic nitrogens is 1. The fourth-order valence-corrected chi connectivity index (χ4v) is 6.78. The van der Waals surface area contributed by atoms with Crippen LogP contribution in [0.4, 0.5) is 20.2 Å². The normalized spacial score (nSPS) is 30.5. The number of methoxy groups -OCH3 is 2. The summed E-state index contributed by atoms with van der Waals surface area (Å²) in [6.45, 7) is -0.738. The maximum atomic E-state index is 13.1. The van der Waals surface area contributed by atoms with E-state index in [2.05, 4.69) is 31.8 Å². The van der Waals surface area contributed by atoms with Gasteiger partial charge in [-0.3, -0.25) is 15.0 Å². The number of hydrogen-bond donors (Lipinski definition) is 5. The third kappa shape index (κ3) is 4.45. The molecule has 2 aromatic rings. The molecule has 5 N–H and O–H groups in total. The molecule has 1 spiro atoms. The second kappa shape index (κ2) is 9.91. The third-order valence-corrected chi connectivity index (χ3v) is 8.76. The number of halogens is 2. The molecule has 1 aromatic carbocycles. The van der Waals surface area contributed by atoms with Gasteiger partial charge >= 0.3 is 0 Å². The highest BCUT2D eigenvalue weighted by Gasteiger charge is 2.67. The van der Waals surface area contributed by atoms with Crippen LogP contribution in [0.3, 0.4) is 0 Å². The molecular weight excluding hydrogens is 510 g/mol. The van der Waals surface area contributed by atoms with E-state index < -0.39 is 24.3 Å². The Morgan fingerprint density at radius 1 is 1.18 bits per heavy atom. The molecule has 6 atom stereocenters. The molecule has 0 radical (unpaired) electrons.